The second kappa shape index (κ2) is 7.17. The number of carbonyl (C=O) groups excluding carboxylic acids is 1. The third-order valence-corrected chi connectivity index (χ3v) is 2.94. The minimum Gasteiger partial charge on any atom is -0.466 e. The highest BCUT2D eigenvalue weighted by molar-refractivity contribution is 5.71. The van der Waals surface area contributed by atoms with Crippen molar-refractivity contribution in [3.8, 4) is 0 Å². The van der Waals surface area contributed by atoms with E-state index in [4.69, 9.17) is 9.47 Å². The van der Waals surface area contributed by atoms with Crippen molar-refractivity contribution in [1.29, 1.82) is 0 Å². The number of carbonyl (C=O) groups is 1. The minimum absolute atomic E-state index is 0.177. The number of ether oxygens (including phenoxy) is 2. The summed E-state index contributed by atoms with van der Waals surface area (Å²) in [7, 11) is 0. The van der Waals surface area contributed by atoms with Crippen molar-refractivity contribution in [2.24, 2.45) is 0 Å². The Morgan fingerprint density at radius 2 is 1.83 bits per heavy atom. The van der Waals surface area contributed by atoms with Crippen molar-refractivity contribution < 1.29 is 14.3 Å². The van der Waals surface area contributed by atoms with Crippen LogP contribution in [-0.4, -0.2) is 25.8 Å². The van der Waals surface area contributed by atoms with Crippen LogP contribution in [0.5, 0.6) is 0 Å². The summed E-state index contributed by atoms with van der Waals surface area (Å²) in [6, 6.07) is 9.97. The number of rotatable bonds is 7. The summed E-state index contributed by atoms with van der Waals surface area (Å²) in [5, 5.41) is 0. The molecule has 0 saturated heterocycles. The van der Waals surface area contributed by atoms with Crippen molar-refractivity contribution >= 4 is 5.97 Å². The molecule has 0 saturated carbocycles. The highest BCUT2D eigenvalue weighted by Crippen LogP contribution is 2.28. The predicted octanol–water partition coefficient (Wildman–Crippen LogP) is 2.93. The predicted molar refractivity (Wildman–Crippen MR) is 71.5 cm³/mol. The van der Waals surface area contributed by atoms with Crippen LogP contribution in [0.3, 0.4) is 0 Å². The molecular formula is C15H22O3. The Morgan fingerprint density at radius 1 is 1.17 bits per heavy atom. The highest BCUT2D eigenvalue weighted by Gasteiger charge is 2.30. The molecule has 0 aliphatic heterocycles. The maximum atomic E-state index is 11.7. The molecule has 0 N–H and O–H groups in total. The monoisotopic (exact) mass is 250 g/mol. The summed E-state index contributed by atoms with van der Waals surface area (Å²) >= 11 is 0. The van der Waals surface area contributed by atoms with Gasteiger partial charge in [0, 0.05) is 12.0 Å². The summed E-state index contributed by atoms with van der Waals surface area (Å²) in [4.78, 5) is 11.7. The SMILES string of the molecule is CCOCC(C)(CC(=O)OCC)c1ccccc1. The Morgan fingerprint density at radius 3 is 2.39 bits per heavy atom. The van der Waals surface area contributed by atoms with E-state index in [2.05, 4.69) is 0 Å². The normalized spacial score (nSPS) is 13.9. The van der Waals surface area contributed by atoms with Gasteiger partial charge < -0.3 is 9.47 Å². The van der Waals surface area contributed by atoms with Gasteiger partial charge in [-0.25, -0.2) is 0 Å². The van der Waals surface area contributed by atoms with E-state index in [1.54, 1.807) is 0 Å². The fraction of sp³-hybridized carbons (Fsp3) is 0.533. The summed E-state index contributed by atoms with van der Waals surface area (Å²) in [5.74, 6) is -0.177. The molecule has 100 valence electrons. The molecule has 0 radical (unpaired) electrons. The zero-order valence-corrected chi connectivity index (χ0v) is 11.4. The van der Waals surface area contributed by atoms with Gasteiger partial charge in [0.25, 0.3) is 0 Å². The molecule has 0 bridgehead atoms. The molecule has 3 heteroatoms. The first kappa shape index (κ1) is 14.7. The van der Waals surface area contributed by atoms with Crippen molar-refractivity contribution in [2.75, 3.05) is 19.8 Å². The number of hydrogen-bond donors (Lipinski definition) is 0. The molecule has 1 unspecified atom stereocenters. The zero-order chi connectivity index (χ0) is 13.4. The topological polar surface area (TPSA) is 35.5 Å². The number of hydrogen-bond acceptors (Lipinski definition) is 3. The third kappa shape index (κ3) is 4.15. The average Bonchev–Trinajstić information content (AvgIpc) is 2.38. The van der Waals surface area contributed by atoms with Crippen LogP contribution in [0, 0.1) is 0 Å². The van der Waals surface area contributed by atoms with Gasteiger partial charge in [0.1, 0.15) is 0 Å². The van der Waals surface area contributed by atoms with Crippen LogP contribution in [0.4, 0.5) is 0 Å². The standard InChI is InChI=1S/C15H22O3/c1-4-17-12-15(3,11-14(16)18-5-2)13-9-7-6-8-10-13/h6-10H,4-5,11-12H2,1-3H3. The van der Waals surface area contributed by atoms with Crippen LogP contribution in [0.1, 0.15) is 32.8 Å². The van der Waals surface area contributed by atoms with Gasteiger partial charge in [-0.1, -0.05) is 37.3 Å². The van der Waals surface area contributed by atoms with E-state index >= 15 is 0 Å². The van der Waals surface area contributed by atoms with Gasteiger partial charge in [0.15, 0.2) is 0 Å². The van der Waals surface area contributed by atoms with Crippen molar-refractivity contribution in [3.05, 3.63) is 35.9 Å². The molecule has 0 heterocycles. The van der Waals surface area contributed by atoms with Gasteiger partial charge in [-0.2, -0.15) is 0 Å². The molecule has 18 heavy (non-hydrogen) atoms. The molecule has 0 aromatic heterocycles. The summed E-state index contributed by atoms with van der Waals surface area (Å²) in [6.45, 7) is 7.39. The van der Waals surface area contributed by atoms with Gasteiger partial charge in [-0.3, -0.25) is 4.79 Å². The molecular weight excluding hydrogens is 228 g/mol. The van der Waals surface area contributed by atoms with Crippen molar-refractivity contribution in [3.63, 3.8) is 0 Å². The minimum atomic E-state index is -0.330. The second-order valence-corrected chi connectivity index (χ2v) is 4.55. The molecule has 1 aromatic rings. The first-order valence-electron chi connectivity index (χ1n) is 6.41. The quantitative estimate of drug-likeness (QED) is 0.698. The first-order valence-corrected chi connectivity index (χ1v) is 6.41. The summed E-state index contributed by atoms with van der Waals surface area (Å²) < 4.78 is 10.6. The van der Waals surface area contributed by atoms with E-state index in [-0.39, 0.29) is 11.4 Å². The van der Waals surface area contributed by atoms with E-state index in [1.165, 1.54) is 0 Å². The fourth-order valence-corrected chi connectivity index (χ4v) is 1.93. The number of benzene rings is 1. The summed E-state index contributed by atoms with van der Waals surface area (Å²) in [6.07, 6.45) is 0.338. The zero-order valence-electron chi connectivity index (χ0n) is 11.4. The Balaban J connectivity index is 2.84. The lowest BCUT2D eigenvalue weighted by Crippen LogP contribution is -2.32. The Bertz CT molecular complexity index is 361. The Hall–Kier alpha value is -1.35. The third-order valence-electron chi connectivity index (χ3n) is 2.94. The van der Waals surface area contributed by atoms with Crippen molar-refractivity contribution in [1.82, 2.24) is 0 Å². The molecule has 0 aliphatic rings. The maximum Gasteiger partial charge on any atom is 0.306 e. The Kier molecular flexibility index (Phi) is 5.86. The van der Waals surface area contributed by atoms with E-state index < -0.39 is 0 Å². The summed E-state index contributed by atoms with van der Waals surface area (Å²) in [5.41, 5.74) is 0.773. The Labute approximate surface area is 109 Å². The van der Waals surface area contributed by atoms with Crippen LogP contribution in [-0.2, 0) is 19.7 Å². The fourth-order valence-electron chi connectivity index (χ4n) is 1.93. The molecule has 1 rings (SSSR count). The molecule has 0 aliphatic carbocycles. The van der Waals surface area contributed by atoms with Crippen LogP contribution in [0.25, 0.3) is 0 Å². The van der Waals surface area contributed by atoms with E-state index in [1.807, 2.05) is 51.1 Å². The first-order chi connectivity index (χ1) is 8.62. The molecule has 1 atom stereocenters. The van der Waals surface area contributed by atoms with Crippen LogP contribution < -0.4 is 0 Å². The average molecular weight is 250 g/mol. The van der Waals surface area contributed by atoms with E-state index in [9.17, 15) is 4.79 Å². The second-order valence-electron chi connectivity index (χ2n) is 4.55. The van der Waals surface area contributed by atoms with Gasteiger partial charge in [-0.15, -0.1) is 0 Å². The molecule has 0 fully saturated rings. The lowest BCUT2D eigenvalue weighted by atomic mass is 9.80. The largest absolute Gasteiger partial charge is 0.466 e. The molecule has 0 amide bonds. The smallest absolute Gasteiger partial charge is 0.306 e. The van der Waals surface area contributed by atoms with E-state index in [0.29, 0.717) is 26.2 Å². The maximum absolute atomic E-state index is 11.7. The van der Waals surface area contributed by atoms with Gasteiger partial charge in [-0.05, 0) is 19.4 Å². The van der Waals surface area contributed by atoms with Crippen molar-refractivity contribution in [2.45, 2.75) is 32.6 Å². The van der Waals surface area contributed by atoms with Gasteiger partial charge >= 0.3 is 5.97 Å². The molecule has 3 nitrogen and oxygen atoms in total. The van der Waals surface area contributed by atoms with Crippen LogP contribution in [0.15, 0.2) is 30.3 Å². The van der Waals surface area contributed by atoms with Crippen LogP contribution >= 0.6 is 0 Å². The van der Waals surface area contributed by atoms with Gasteiger partial charge in [0.05, 0.1) is 19.6 Å². The molecule has 0 spiro atoms. The lowest BCUT2D eigenvalue weighted by Gasteiger charge is -2.28. The molecule has 1 aromatic carbocycles. The van der Waals surface area contributed by atoms with Crippen LogP contribution in [0.2, 0.25) is 0 Å². The lowest BCUT2D eigenvalue weighted by molar-refractivity contribution is -0.145. The van der Waals surface area contributed by atoms with E-state index in [0.717, 1.165) is 5.56 Å². The van der Waals surface area contributed by atoms with Gasteiger partial charge in [0.2, 0.25) is 0 Å². The highest BCUT2D eigenvalue weighted by atomic mass is 16.5. The number of esters is 1.